The molecule has 1 aliphatic rings. The lowest BCUT2D eigenvalue weighted by Crippen LogP contribution is -2.42. The number of likely N-dealkylation sites (tertiary alicyclic amines) is 1. The molecule has 30 heavy (non-hydrogen) atoms. The third-order valence-electron chi connectivity index (χ3n) is 5.02. The summed E-state index contributed by atoms with van der Waals surface area (Å²) in [6.07, 6.45) is -3.22. The molecule has 1 amide bonds. The Kier molecular flexibility index (Phi) is 6.50. The quantitative estimate of drug-likeness (QED) is 0.766. The summed E-state index contributed by atoms with van der Waals surface area (Å²) in [4.78, 5) is 14.4. The van der Waals surface area contributed by atoms with Crippen molar-refractivity contribution in [2.24, 2.45) is 0 Å². The molecule has 0 aliphatic carbocycles. The van der Waals surface area contributed by atoms with Crippen molar-refractivity contribution in [3.63, 3.8) is 0 Å². The molecule has 0 spiro atoms. The zero-order valence-corrected chi connectivity index (χ0v) is 16.5. The number of alkyl halides is 3. The van der Waals surface area contributed by atoms with Crippen LogP contribution < -0.4 is 10.1 Å². The van der Waals surface area contributed by atoms with Gasteiger partial charge >= 0.3 is 6.18 Å². The molecule has 2 aromatic rings. The summed E-state index contributed by atoms with van der Waals surface area (Å²) < 4.78 is 43.9. The van der Waals surface area contributed by atoms with Gasteiger partial charge < -0.3 is 15.0 Å². The van der Waals surface area contributed by atoms with E-state index in [1.54, 1.807) is 29.2 Å². The maximum atomic E-state index is 12.8. The fourth-order valence-electron chi connectivity index (χ4n) is 3.43. The first-order valence-electron chi connectivity index (χ1n) is 9.72. The predicted octanol–water partition coefficient (Wildman–Crippen LogP) is 4.69. The Morgan fingerprint density at radius 1 is 1.20 bits per heavy atom. The van der Waals surface area contributed by atoms with Gasteiger partial charge in [0.1, 0.15) is 11.8 Å². The van der Waals surface area contributed by atoms with Gasteiger partial charge in [-0.25, -0.2) is 0 Å². The number of carbonyl (C=O) groups is 1. The molecular weight excluding hydrogens is 395 g/mol. The molecule has 5 nitrogen and oxygen atoms in total. The highest BCUT2D eigenvalue weighted by Gasteiger charge is 2.31. The first kappa shape index (κ1) is 21.5. The molecule has 0 atom stereocenters. The molecule has 0 bridgehead atoms. The maximum Gasteiger partial charge on any atom is 0.416 e. The molecule has 3 rings (SSSR count). The van der Waals surface area contributed by atoms with Crippen LogP contribution in [0.3, 0.4) is 0 Å². The minimum absolute atomic E-state index is 0.0294. The molecule has 0 unspecified atom stereocenters. The van der Waals surface area contributed by atoms with Gasteiger partial charge in [-0.1, -0.05) is 0 Å². The van der Waals surface area contributed by atoms with E-state index < -0.39 is 11.7 Å². The van der Waals surface area contributed by atoms with Crippen molar-refractivity contribution in [1.82, 2.24) is 4.90 Å². The average Bonchev–Trinajstić information content (AvgIpc) is 2.74. The van der Waals surface area contributed by atoms with Gasteiger partial charge in [0.05, 0.1) is 23.4 Å². The van der Waals surface area contributed by atoms with Gasteiger partial charge in [0.2, 0.25) is 0 Å². The van der Waals surface area contributed by atoms with Gasteiger partial charge in [-0.05, 0) is 62.2 Å². The average molecular weight is 417 g/mol. The van der Waals surface area contributed by atoms with Crippen LogP contribution in [0, 0.1) is 11.3 Å². The lowest BCUT2D eigenvalue weighted by atomic mass is 10.0. The van der Waals surface area contributed by atoms with E-state index in [9.17, 15) is 23.2 Å². The smallest absolute Gasteiger partial charge is 0.416 e. The van der Waals surface area contributed by atoms with E-state index >= 15 is 0 Å². The van der Waals surface area contributed by atoms with Crippen LogP contribution in [0.1, 0.15) is 41.3 Å². The normalized spacial score (nSPS) is 14.8. The zero-order chi connectivity index (χ0) is 21.7. The monoisotopic (exact) mass is 417 g/mol. The van der Waals surface area contributed by atoms with Crippen LogP contribution in [0.4, 0.5) is 18.9 Å². The SMILES string of the molecule is CCOc1ccc(C(=O)N2CCC(Nc3ccc(C(F)(F)F)cc3C#N)CC2)cc1. The highest BCUT2D eigenvalue weighted by atomic mass is 19.4. The van der Waals surface area contributed by atoms with Crippen molar-refractivity contribution in [2.45, 2.75) is 32.0 Å². The Bertz CT molecular complexity index is 928. The van der Waals surface area contributed by atoms with E-state index in [1.165, 1.54) is 6.07 Å². The van der Waals surface area contributed by atoms with E-state index in [1.807, 2.05) is 13.0 Å². The van der Waals surface area contributed by atoms with E-state index in [0.717, 1.165) is 12.1 Å². The largest absolute Gasteiger partial charge is 0.494 e. The number of ether oxygens (including phenoxy) is 1. The summed E-state index contributed by atoms with van der Waals surface area (Å²) in [5.41, 5.74) is 0.0687. The second-order valence-electron chi connectivity index (χ2n) is 7.04. The number of benzene rings is 2. The molecule has 0 saturated carbocycles. The molecule has 1 fully saturated rings. The van der Waals surface area contributed by atoms with E-state index in [2.05, 4.69) is 5.32 Å². The number of amides is 1. The minimum Gasteiger partial charge on any atom is -0.494 e. The topological polar surface area (TPSA) is 65.4 Å². The Labute approximate surface area is 173 Å². The van der Waals surface area contributed by atoms with Crippen LogP contribution in [0.2, 0.25) is 0 Å². The third-order valence-corrected chi connectivity index (χ3v) is 5.02. The number of carbonyl (C=O) groups excluding carboxylic acids is 1. The van der Waals surface area contributed by atoms with Crippen molar-refractivity contribution in [3.8, 4) is 11.8 Å². The molecule has 0 radical (unpaired) electrons. The first-order chi connectivity index (χ1) is 14.3. The van der Waals surface area contributed by atoms with Crippen LogP contribution in [0.15, 0.2) is 42.5 Å². The standard InChI is InChI=1S/C22H22F3N3O2/c1-2-30-19-6-3-15(4-7-19)21(29)28-11-9-18(10-12-28)27-20-8-5-17(22(23,24)25)13-16(20)14-26/h3-8,13,18,27H,2,9-12H2,1H3. The van der Waals surface area contributed by atoms with Crippen LogP contribution >= 0.6 is 0 Å². The summed E-state index contributed by atoms with van der Waals surface area (Å²) in [6, 6.07) is 11.9. The fraction of sp³-hybridized carbons (Fsp3) is 0.364. The van der Waals surface area contributed by atoms with E-state index in [0.29, 0.717) is 49.5 Å². The van der Waals surface area contributed by atoms with Crippen molar-refractivity contribution in [1.29, 1.82) is 5.26 Å². The number of nitrogens with zero attached hydrogens (tertiary/aromatic N) is 2. The Morgan fingerprint density at radius 3 is 2.43 bits per heavy atom. The Hall–Kier alpha value is -3.21. The molecule has 1 saturated heterocycles. The second kappa shape index (κ2) is 9.08. The number of piperidine rings is 1. The van der Waals surface area contributed by atoms with Crippen LogP contribution in [0.5, 0.6) is 5.75 Å². The van der Waals surface area contributed by atoms with Gasteiger partial charge in [-0.3, -0.25) is 4.79 Å². The minimum atomic E-state index is -4.49. The summed E-state index contributed by atoms with van der Waals surface area (Å²) in [5.74, 6) is 0.644. The molecule has 1 N–H and O–H groups in total. The third kappa shape index (κ3) is 5.03. The number of nitrogens with one attached hydrogen (secondary N) is 1. The highest BCUT2D eigenvalue weighted by molar-refractivity contribution is 5.94. The lowest BCUT2D eigenvalue weighted by Gasteiger charge is -2.33. The zero-order valence-electron chi connectivity index (χ0n) is 16.5. The second-order valence-corrected chi connectivity index (χ2v) is 7.04. The van der Waals surface area contributed by atoms with Gasteiger partial charge in [-0.15, -0.1) is 0 Å². The van der Waals surface area contributed by atoms with Crippen molar-refractivity contribution in [2.75, 3.05) is 25.0 Å². The summed E-state index contributed by atoms with van der Waals surface area (Å²) >= 11 is 0. The number of halogens is 3. The number of hydrogen-bond donors (Lipinski definition) is 1. The van der Waals surface area contributed by atoms with Gasteiger partial charge in [0, 0.05) is 24.7 Å². The van der Waals surface area contributed by atoms with Crippen LogP contribution in [-0.2, 0) is 6.18 Å². The summed E-state index contributed by atoms with van der Waals surface area (Å²) in [6.45, 7) is 3.49. The van der Waals surface area contributed by atoms with E-state index in [-0.39, 0.29) is 17.5 Å². The van der Waals surface area contributed by atoms with Gasteiger partial charge in [-0.2, -0.15) is 18.4 Å². The highest BCUT2D eigenvalue weighted by Crippen LogP contribution is 2.32. The van der Waals surface area contributed by atoms with Crippen molar-refractivity contribution >= 4 is 11.6 Å². The Morgan fingerprint density at radius 2 is 1.87 bits per heavy atom. The van der Waals surface area contributed by atoms with Crippen LogP contribution in [0.25, 0.3) is 0 Å². The number of hydrogen-bond acceptors (Lipinski definition) is 4. The molecule has 158 valence electrons. The van der Waals surface area contributed by atoms with Crippen LogP contribution in [-0.4, -0.2) is 36.5 Å². The molecular formula is C22H22F3N3O2. The molecule has 1 heterocycles. The molecule has 0 aromatic heterocycles. The molecule has 8 heteroatoms. The first-order valence-corrected chi connectivity index (χ1v) is 9.72. The van der Waals surface area contributed by atoms with Crippen molar-refractivity contribution < 1.29 is 22.7 Å². The summed E-state index contributed by atoms with van der Waals surface area (Å²) in [7, 11) is 0. The maximum absolute atomic E-state index is 12.8. The number of anilines is 1. The van der Waals surface area contributed by atoms with Gasteiger partial charge in [0.25, 0.3) is 5.91 Å². The number of rotatable bonds is 5. The van der Waals surface area contributed by atoms with Crippen molar-refractivity contribution in [3.05, 3.63) is 59.2 Å². The lowest BCUT2D eigenvalue weighted by molar-refractivity contribution is -0.137. The number of nitriles is 1. The Balaban J connectivity index is 1.59. The summed E-state index contributed by atoms with van der Waals surface area (Å²) in [5, 5.41) is 12.4. The molecule has 2 aromatic carbocycles. The predicted molar refractivity (Wildman–Crippen MR) is 106 cm³/mol. The van der Waals surface area contributed by atoms with Gasteiger partial charge in [0.15, 0.2) is 0 Å². The molecule has 1 aliphatic heterocycles. The van der Waals surface area contributed by atoms with E-state index in [4.69, 9.17) is 4.74 Å². The fourth-order valence-corrected chi connectivity index (χ4v) is 3.43.